The average Bonchev–Trinajstić information content (AvgIpc) is 3.27. The van der Waals surface area contributed by atoms with Gasteiger partial charge in [-0.05, 0) is 36.8 Å². The van der Waals surface area contributed by atoms with Gasteiger partial charge in [-0.25, -0.2) is 4.79 Å². The summed E-state index contributed by atoms with van der Waals surface area (Å²) in [6.07, 6.45) is 3.82. The number of carbonyl (C=O) groups is 4. The van der Waals surface area contributed by atoms with Crippen molar-refractivity contribution < 1.29 is 23.9 Å². The number of urea groups is 1. The largest absolute Gasteiger partial charge is 0.454 e. The fraction of sp³-hybridized carbons (Fsp3) is 0.524. The molecule has 2 aliphatic rings. The van der Waals surface area contributed by atoms with Crippen molar-refractivity contribution in [1.82, 2.24) is 10.2 Å². The molecule has 1 aliphatic heterocycles. The van der Waals surface area contributed by atoms with E-state index >= 15 is 0 Å². The summed E-state index contributed by atoms with van der Waals surface area (Å²) < 4.78 is 4.99. The molecule has 2 fully saturated rings. The predicted octanol–water partition coefficient (Wildman–Crippen LogP) is 2.55. The monoisotopic (exact) mass is 401 g/mol. The Labute approximate surface area is 170 Å². The van der Waals surface area contributed by atoms with Gasteiger partial charge in [-0.1, -0.05) is 44.9 Å². The molecule has 0 radical (unpaired) electrons. The van der Waals surface area contributed by atoms with Crippen LogP contribution in [0.1, 0.15) is 57.4 Å². The lowest BCUT2D eigenvalue weighted by Crippen LogP contribution is -2.44. The van der Waals surface area contributed by atoms with Crippen LogP contribution in [-0.4, -0.2) is 47.4 Å². The van der Waals surface area contributed by atoms with Gasteiger partial charge in [-0.15, -0.1) is 0 Å². The third-order valence-electron chi connectivity index (χ3n) is 5.73. The molecule has 1 saturated heterocycles. The summed E-state index contributed by atoms with van der Waals surface area (Å²) in [4.78, 5) is 49.8. The molecule has 3 rings (SSSR count). The number of ether oxygens (including phenoxy) is 1. The van der Waals surface area contributed by atoms with Gasteiger partial charge in [0.15, 0.2) is 6.61 Å². The number of rotatable bonds is 7. The van der Waals surface area contributed by atoms with Crippen molar-refractivity contribution in [1.29, 1.82) is 0 Å². The molecule has 1 aliphatic carbocycles. The lowest BCUT2D eigenvalue weighted by Gasteiger charge is -2.19. The summed E-state index contributed by atoms with van der Waals surface area (Å²) in [5, 5.41) is 5.46. The van der Waals surface area contributed by atoms with Gasteiger partial charge in [-0.2, -0.15) is 0 Å². The Balaban J connectivity index is 1.52. The number of hydrogen-bond acceptors (Lipinski definition) is 5. The van der Waals surface area contributed by atoms with E-state index in [0.717, 1.165) is 29.7 Å². The molecule has 1 aromatic carbocycles. The van der Waals surface area contributed by atoms with Crippen molar-refractivity contribution in [2.45, 2.75) is 57.4 Å². The standard InChI is InChI=1S/C21H27N3O5/c1-3-14(2)15-8-4-5-9-16(15)22-17(25)13-29-18(26)12-24-19(27)21(23-20(24)28)10-6-7-11-21/h4-5,8-9,14H,3,6-7,10-13H2,1-2H3,(H,22,25)(H,23,28)/t14-/m1/s1. The molecule has 29 heavy (non-hydrogen) atoms. The Kier molecular flexibility index (Phi) is 6.20. The minimum absolute atomic E-state index is 0.275. The molecule has 1 atom stereocenters. The van der Waals surface area contributed by atoms with Gasteiger partial charge in [0.25, 0.3) is 11.8 Å². The second-order valence-electron chi connectivity index (χ2n) is 7.72. The summed E-state index contributed by atoms with van der Waals surface area (Å²) in [5.74, 6) is -1.38. The lowest BCUT2D eigenvalue weighted by atomic mass is 9.97. The summed E-state index contributed by atoms with van der Waals surface area (Å²) in [5.41, 5.74) is 0.824. The number of nitrogens with zero attached hydrogens (tertiary/aromatic N) is 1. The van der Waals surface area contributed by atoms with E-state index in [-0.39, 0.29) is 11.8 Å². The second-order valence-corrected chi connectivity index (χ2v) is 7.72. The molecule has 0 bridgehead atoms. The lowest BCUT2D eigenvalue weighted by molar-refractivity contribution is -0.150. The molecule has 156 valence electrons. The molecule has 1 spiro atoms. The zero-order valence-electron chi connectivity index (χ0n) is 16.8. The van der Waals surface area contributed by atoms with E-state index in [1.165, 1.54) is 0 Å². The molecule has 4 amide bonds. The Morgan fingerprint density at radius 2 is 1.93 bits per heavy atom. The highest BCUT2D eigenvalue weighted by Gasteiger charge is 2.52. The maximum Gasteiger partial charge on any atom is 0.326 e. The van der Waals surface area contributed by atoms with Crippen LogP contribution in [0.3, 0.4) is 0 Å². The first-order chi connectivity index (χ1) is 13.9. The topological polar surface area (TPSA) is 105 Å². The number of hydrogen-bond donors (Lipinski definition) is 2. The van der Waals surface area contributed by atoms with E-state index in [9.17, 15) is 19.2 Å². The van der Waals surface area contributed by atoms with Gasteiger partial charge in [-0.3, -0.25) is 19.3 Å². The Hall–Kier alpha value is -2.90. The van der Waals surface area contributed by atoms with Crippen LogP contribution in [0.25, 0.3) is 0 Å². The van der Waals surface area contributed by atoms with Gasteiger partial charge in [0, 0.05) is 5.69 Å². The predicted molar refractivity (Wildman–Crippen MR) is 106 cm³/mol. The number of carbonyl (C=O) groups excluding carboxylic acids is 4. The van der Waals surface area contributed by atoms with Gasteiger partial charge in [0.1, 0.15) is 12.1 Å². The van der Waals surface area contributed by atoms with Crippen LogP contribution in [0.15, 0.2) is 24.3 Å². The van der Waals surface area contributed by atoms with Gasteiger partial charge in [0.05, 0.1) is 0 Å². The summed E-state index contributed by atoms with van der Waals surface area (Å²) in [6.45, 7) is 3.16. The zero-order chi connectivity index (χ0) is 21.0. The van der Waals surface area contributed by atoms with Gasteiger partial charge < -0.3 is 15.4 Å². The van der Waals surface area contributed by atoms with Crippen LogP contribution in [-0.2, 0) is 19.1 Å². The smallest absolute Gasteiger partial charge is 0.326 e. The SMILES string of the molecule is CC[C@@H](C)c1ccccc1NC(=O)COC(=O)CN1C(=O)NC2(CCCC2)C1=O. The molecule has 8 heteroatoms. The third-order valence-corrected chi connectivity index (χ3v) is 5.73. The Bertz CT molecular complexity index is 816. The Morgan fingerprint density at radius 1 is 1.24 bits per heavy atom. The van der Waals surface area contributed by atoms with Crippen LogP contribution >= 0.6 is 0 Å². The number of esters is 1. The minimum Gasteiger partial charge on any atom is -0.454 e. The third kappa shape index (κ3) is 4.41. The number of para-hydroxylation sites is 1. The number of amides is 4. The van der Waals surface area contributed by atoms with E-state index in [1.54, 1.807) is 6.07 Å². The van der Waals surface area contributed by atoms with Crippen molar-refractivity contribution >= 4 is 29.5 Å². The minimum atomic E-state index is -0.867. The maximum atomic E-state index is 12.5. The van der Waals surface area contributed by atoms with E-state index < -0.39 is 36.6 Å². The summed E-state index contributed by atoms with van der Waals surface area (Å²) in [6, 6.07) is 6.90. The first-order valence-electron chi connectivity index (χ1n) is 10.0. The summed E-state index contributed by atoms with van der Waals surface area (Å²) in [7, 11) is 0. The van der Waals surface area contributed by atoms with Crippen LogP contribution in [0.5, 0.6) is 0 Å². The van der Waals surface area contributed by atoms with Crippen molar-refractivity contribution in [2.75, 3.05) is 18.5 Å². The van der Waals surface area contributed by atoms with E-state index in [4.69, 9.17) is 4.74 Å². The Morgan fingerprint density at radius 3 is 2.62 bits per heavy atom. The van der Waals surface area contributed by atoms with Crippen LogP contribution in [0.4, 0.5) is 10.5 Å². The van der Waals surface area contributed by atoms with E-state index in [2.05, 4.69) is 24.5 Å². The zero-order valence-corrected chi connectivity index (χ0v) is 16.8. The fourth-order valence-electron chi connectivity index (χ4n) is 3.90. The first-order valence-corrected chi connectivity index (χ1v) is 10.0. The molecule has 1 heterocycles. The molecule has 8 nitrogen and oxygen atoms in total. The quantitative estimate of drug-likeness (QED) is 0.540. The normalized spacial score (nSPS) is 18.6. The van der Waals surface area contributed by atoms with Crippen LogP contribution < -0.4 is 10.6 Å². The second kappa shape index (κ2) is 8.63. The number of benzene rings is 1. The summed E-state index contributed by atoms with van der Waals surface area (Å²) >= 11 is 0. The number of imide groups is 1. The maximum absolute atomic E-state index is 12.5. The van der Waals surface area contributed by atoms with Gasteiger partial charge in [0.2, 0.25) is 0 Å². The van der Waals surface area contributed by atoms with E-state index in [0.29, 0.717) is 18.5 Å². The molecule has 0 aromatic heterocycles. The highest BCUT2D eigenvalue weighted by molar-refractivity contribution is 6.09. The number of nitrogens with one attached hydrogen (secondary N) is 2. The number of anilines is 1. The fourth-order valence-corrected chi connectivity index (χ4v) is 3.90. The van der Waals surface area contributed by atoms with Crippen molar-refractivity contribution in [3.63, 3.8) is 0 Å². The molecule has 1 saturated carbocycles. The highest BCUT2D eigenvalue weighted by atomic mass is 16.5. The van der Waals surface area contributed by atoms with Crippen LogP contribution in [0.2, 0.25) is 0 Å². The van der Waals surface area contributed by atoms with E-state index in [1.807, 2.05) is 18.2 Å². The average molecular weight is 401 g/mol. The molecule has 0 unspecified atom stereocenters. The first kappa shape index (κ1) is 20.8. The molecular weight excluding hydrogens is 374 g/mol. The van der Waals surface area contributed by atoms with Crippen LogP contribution in [0, 0.1) is 0 Å². The highest BCUT2D eigenvalue weighted by Crippen LogP contribution is 2.35. The van der Waals surface area contributed by atoms with Crippen molar-refractivity contribution in [2.24, 2.45) is 0 Å². The molecular formula is C21H27N3O5. The van der Waals surface area contributed by atoms with Crippen molar-refractivity contribution in [3.8, 4) is 0 Å². The molecule has 2 N–H and O–H groups in total. The van der Waals surface area contributed by atoms with Gasteiger partial charge >= 0.3 is 12.0 Å². The molecule has 1 aromatic rings. The van der Waals surface area contributed by atoms with Crippen molar-refractivity contribution in [3.05, 3.63) is 29.8 Å².